The predicted octanol–water partition coefficient (Wildman–Crippen LogP) is 5.28. The number of unbranched alkanes of at least 4 members (excludes halogenated alkanes) is 2. The van der Waals surface area contributed by atoms with Gasteiger partial charge in [-0.05, 0) is 37.7 Å². The SMILES string of the molecule is CCC=CCCCCC(CC)C(=O)OCc1ccccc1. The summed E-state index contributed by atoms with van der Waals surface area (Å²) in [5.74, 6) is -0.00526. The van der Waals surface area contributed by atoms with Crippen molar-refractivity contribution in [1.82, 2.24) is 0 Å². The van der Waals surface area contributed by atoms with Gasteiger partial charge in [0.05, 0.1) is 5.92 Å². The first-order valence-electron chi connectivity index (χ1n) is 8.13. The molecule has 1 rings (SSSR count). The topological polar surface area (TPSA) is 26.3 Å². The summed E-state index contributed by atoms with van der Waals surface area (Å²) in [5.41, 5.74) is 1.05. The maximum Gasteiger partial charge on any atom is 0.309 e. The quantitative estimate of drug-likeness (QED) is 0.332. The van der Waals surface area contributed by atoms with E-state index in [4.69, 9.17) is 4.74 Å². The van der Waals surface area contributed by atoms with Gasteiger partial charge in [-0.3, -0.25) is 4.79 Å². The number of carbonyl (C=O) groups is 1. The van der Waals surface area contributed by atoms with Gasteiger partial charge in [-0.1, -0.05) is 62.8 Å². The van der Waals surface area contributed by atoms with Crippen LogP contribution in [-0.4, -0.2) is 5.97 Å². The average Bonchev–Trinajstić information content (AvgIpc) is 2.53. The standard InChI is InChI=1S/C19H28O2/c1-3-5-6-7-8-12-15-18(4-2)19(20)21-16-17-13-10-9-11-14-17/h5-6,9-11,13-14,18H,3-4,7-8,12,15-16H2,1-2H3. The molecule has 0 aliphatic carbocycles. The highest BCUT2D eigenvalue weighted by Crippen LogP contribution is 2.16. The van der Waals surface area contributed by atoms with Crippen LogP contribution in [0.15, 0.2) is 42.5 Å². The van der Waals surface area contributed by atoms with Crippen molar-refractivity contribution in [3.8, 4) is 0 Å². The minimum Gasteiger partial charge on any atom is -0.461 e. The van der Waals surface area contributed by atoms with Crippen LogP contribution >= 0.6 is 0 Å². The summed E-state index contributed by atoms with van der Waals surface area (Å²) in [6, 6.07) is 9.85. The number of esters is 1. The zero-order valence-corrected chi connectivity index (χ0v) is 13.4. The number of hydrogen-bond donors (Lipinski definition) is 0. The lowest BCUT2D eigenvalue weighted by atomic mass is 9.98. The number of benzene rings is 1. The van der Waals surface area contributed by atoms with Crippen molar-refractivity contribution in [2.45, 2.75) is 59.0 Å². The largest absolute Gasteiger partial charge is 0.461 e. The number of hydrogen-bond acceptors (Lipinski definition) is 2. The molecular formula is C19H28O2. The maximum absolute atomic E-state index is 12.1. The highest BCUT2D eigenvalue weighted by molar-refractivity contribution is 5.72. The van der Waals surface area contributed by atoms with Crippen LogP contribution in [0.1, 0.15) is 57.9 Å². The molecule has 2 heteroatoms. The minimum atomic E-state index is -0.0505. The highest BCUT2D eigenvalue weighted by atomic mass is 16.5. The summed E-state index contributed by atoms with van der Waals surface area (Å²) in [5, 5.41) is 0. The van der Waals surface area contributed by atoms with Crippen molar-refractivity contribution in [2.24, 2.45) is 5.92 Å². The second-order valence-electron chi connectivity index (χ2n) is 5.36. The van der Waals surface area contributed by atoms with Crippen LogP contribution in [0.2, 0.25) is 0 Å². The third kappa shape index (κ3) is 7.69. The molecule has 0 aromatic heterocycles. The Bertz CT molecular complexity index is 409. The summed E-state index contributed by atoms with van der Waals surface area (Å²) >= 11 is 0. The van der Waals surface area contributed by atoms with Gasteiger partial charge in [0.25, 0.3) is 0 Å². The van der Waals surface area contributed by atoms with Crippen LogP contribution in [0.4, 0.5) is 0 Å². The molecule has 0 radical (unpaired) electrons. The number of ether oxygens (including phenoxy) is 1. The van der Waals surface area contributed by atoms with Gasteiger partial charge in [0.2, 0.25) is 0 Å². The Morgan fingerprint density at radius 2 is 1.90 bits per heavy atom. The molecule has 1 unspecified atom stereocenters. The Balaban J connectivity index is 2.24. The molecule has 0 spiro atoms. The third-order valence-corrected chi connectivity index (χ3v) is 3.63. The summed E-state index contributed by atoms with van der Waals surface area (Å²) in [6.45, 7) is 4.59. The number of carbonyl (C=O) groups excluding carboxylic acids is 1. The molecule has 0 aliphatic heterocycles. The van der Waals surface area contributed by atoms with Gasteiger partial charge in [0.1, 0.15) is 6.61 Å². The molecular weight excluding hydrogens is 260 g/mol. The molecule has 116 valence electrons. The van der Waals surface area contributed by atoms with Crippen molar-refractivity contribution >= 4 is 5.97 Å². The van der Waals surface area contributed by atoms with Crippen LogP contribution in [0, 0.1) is 5.92 Å². The third-order valence-electron chi connectivity index (χ3n) is 3.63. The molecule has 0 saturated carbocycles. The molecule has 0 aliphatic rings. The Kier molecular flexibility index (Phi) is 9.26. The first-order valence-corrected chi connectivity index (χ1v) is 8.13. The van der Waals surface area contributed by atoms with Crippen LogP contribution in [0.3, 0.4) is 0 Å². The van der Waals surface area contributed by atoms with E-state index in [0.717, 1.165) is 44.1 Å². The Hall–Kier alpha value is -1.57. The molecule has 0 fully saturated rings. The second-order valence-corrected chi connectivity index (χ2v) is 5.36. The van der Waals surface area contributed by atoms with E-state index in [1.54, 1.807) is 0 Å². The predicted molar refractivity (Wildman–Crippen MR) is 87.9 cm³/mol. The summed E-state index contributed by atoms with van der Waals surface area (Å²) < 4.78 is 5.42. The van der Waals surface area contributed by atoms with E-state index in [9.17, 15) is 4.79 Å². The number of allylic oxidation sites excluding steroid dienone is 2. The molecule has 0 amide bonds. The maximum atomic E-state index is 12.1. The summed E-state index contributed by atoms with van der Waals surface area (Å²) in [4.78, 5) is 12.1. The van der Waals surface area contributed by atoms with E-state index in [1.807, 2.05) is 30.3 Å². The Labute approximate surface area is 129 Å². The van der Waals surface area contributed by atoms with E-state index in [1.165, 1.54) is 0 Å². The van der Waals surface area contributed by atoms with Gasteiger partial charge in [-0.25, -0.2) is 0 Å². The van der Waals surface area contributed by atoms with Crippen molar-refractivity contribution in [1.29, 1.82) is 0 Å². The molecule has 2 nitrogen and oxygen atoms in total. The smallest absolute Gasteiger partial charge is 0.309 e. The van der Waals surface area contributed by atoms with E-state index < -0.39 is 0 Å². The molecule has 1 aromatic carbocycles. The minimum absolute atomic E-state index is 0.0452. The lowest BCUT2D eigenvalue weighted by molar-refractivity contribution is -0.150. The van der Waals surface area contributed by atoms with Gasteiger partial charge in [-0.2, -0.15) is 0 Å². The zero-order valence-electron chi connectivity index (χ0n) is 13.4. The van der Waals surface area contributed by atoms with E-state index in [0.29, 0.717) is 6.61 Å². The molecule has 1 aromatic rings. The number of rotatable bonds is 10. The van der Waals surface area contributed by atoms with Gasteiger partial charge in [0, 0.05) is 0 Å². The van der Waals surface area contributed by atoms with Crippen LogP contribution in [0.25, 0.3) is 0 Å². The van der Waals surface area contributed by atoms with Gasteiger partial charge in [0.15, 0.2) is 0 Å². The van der Waals surface area contributed by atoms with Crippen molar-refractivity contribution < 1.29 is 9.53 Å². The monoisotopic (exact) mass is 288 g/mol. The van der Waals surface area contributed by atoms with E-state index in [2.05, 4.69) is 26.0 Å². The van der Waals surface area contributed by atoms with Crippen molar-refractivity contribution in [3.05, 3.63) is 48.0 Å². The molecule has 21 heavy (non-hydrogen) atoms. The normalized spacial score (nSPS) is 12.5. The first-order chi connectivity index (χ1) is 10.3. The summed E-state index contributed by atoms with van der Waals surface area (Å²) in [6.07, 6.45) is 10.7. The van der Waals surface area contributed by atoms with Crippen molar-refractivity contribution in [2.75, 3.05) is 0 Å². The van der Waals surface area contributed by atoms with E-state index >= 15 is 0 Å². The Morgan fingerprint density at radius 3 is 2.57 bits per heavy atom. The van der Waals surface area contributed by atoms with Crippen LogP contribution in [-0.2, 0) is 16.1 Å². The van der Waals surface area contributed by atoms with Gasteiger partial charge in [-0.15, -0.1) is 0 Å². The fraction of sp³-hybridized carbons (Fsp3) is 0.526. The zero-order chi connectivity index (χ0) is 15.3. The lowest BCUT2D eigenvalue weighted by Gasteiger charge is -2.14. The first kappa shape index (κ1) is 17.5. The Morgan fingerprint density at radius 1 is 1.14 bits per heavy atom. The van der Waals surface area contributed by atoms with Crippen molar-refractivity contribution in [3.63, 3.8) is 0 Å². The van der Waals surface area contributed by atoms with Gasteiger partial charge >= 0.3 is 5.97 Å². The summed E-state index contributed by atoms with van der Waals surface area (Å²) in [7, 11) is 0. The van der Waals surface area contributed by atoms with Gasteiger partial charge < -0.3 is 4.74 Å². The van der Waals surface area contributed by atoms with E-state index in [-0.39, 0.29) is 11.9 Å². The molecule has 1 atom stereocenters. The van der Waals surface area contributed by atoms with Crippen LogP contribution < -0.4 is 0 Å². The molecule has 0 saturated heterocycles. The fourth-order valence-electron chi connectivity index (χ4n) is 2.27. The average molecular weight is 288 g/mol. The lowest BCUT2D eigenvalue weighted by Crippen LogP contribution is -2.17. The highest BCUT2D eigenvalue weighted by Gasteiger charge is 2.17. The second kappa shape index (κ2) is 11.1. The molecule has 0 N–H and O–H groups in total. The van der Waals surface area contributed by atoms with Crippen LogP contribution in [0.5, 0.6) is 0 Å². The molecule has 0 heterocycles. The fourth-order valence-corrected chi connectivity index (χ4v) is 2.27. The molecule has 0 bridgehead atoms.